The number of carbonyl (C=O) groups is 1. The number of thioether (sulfide) groups is 1. The highest BCUT2D eigenvalue weighted by Crippen LogP contribution is 2.30. The number of hydrazone groups is 1. The van der Waals surface area contributed by atoms with Gasteiger partial charge in [-0.25, -0.2) is 9.82 Å². The van der Waals surface area contributed by atoms with Crippen molar-refractivity contribution < 1.29 is 13.9 Å². The van der Waals surface area contributed by atoms with Crippen LogP contribution in [-0.2, 0) is 10.2 Å². The summed E-state index contributed by atoms with van der Waals surface area (Å²) in [5.41, 5.74) is 5.45. The van der Waals surface area contributed by atoms with Crippen LogP contribution in [0.15, 0.2) is 77.0 Å². The largest absolute Gasteiger partial charge is 0.497 e. The second-order valence-corrected chi connectivity index (χ2v) is 10.7. The molecule has 1 heterocycles. The quantitative estimate of drug-likeness (QED) is 0.158. The van der Waals surface area contributed by atoms with E-state index in [1.54, 1.807) is 13.2 Å². The Kier molecular flexibility index (Phi) is 8.48. The molecule has 4 rings (SSSR count). The summed E-state index contributed by atoms with van der Waals surface area (Å²) >= 11 is 7.20. The van der Waals surface area contributed by atoms with Crippen molar-refractivity contribution in [2.75, 3.05) is 12.9 Å². The van der Waals surface area contributed by atoms with Gasteiger partial charge in [-0.05, 0) is 47.4 Å². The lowest BCUT2D eigenvalue weighted by Gasteiger charge is -2.19. The van der Waals surface area contributed by atoms with Gasteiger partial charge in [0.1, 0.15) is 11.6 Å². The zero-order valence-corrected chi connectivity index (χ0v) is 23.0. The number of hydrogen-bond donors (Lipinski definition) is 1. The van der Waals surface area contributed by atoms with Crippen LogP contribution in [0.5, 0.6) is 5.75 Å². The van der Waals surface area contributed by atoms with Gasteiger partial charge in [0.15, 0.2) is 11.0 Å². The van der Waals surface area contributed by atoms with Crippen LogP contribution in [0.4, 0.5) is 4.39 Å². The molecule has 0 fully saturated rings. The lowest BCUT2D eigenvalue weighted by atomic mass is 9.87. The highest BCUT2D eigenvalue weighted by molar-refractivity contribution is 7.99. The Labute approximate surface area is 230 Å². The van der Waals surface area contributed by atoms with Crippen LogP contribution in [-0.4, -0.2) is 39.7 Å². The second kappa shape index (κ2) is 11.8. The Balaban J connectivity index is 1.56. The predicted octanol–water partition coefficient (Wildman–Crippen LogP) is 6.28. The van der Waals surface area contributed by atoms with Crippen molar-refractivity contribution in [2.45, 2.75) is 31.3 Å². The summed E-state index contributed by atoms with van der Waals surface area (Å²) in [4.78, 5) is 12.5. The SMILES string of the molecule is COc1ccc(-n2c(SCC(=O)N/N=C/c3c(F)cccc3Cl)nnc2-c2ccc(C(C)(C)C)cc2)cc1. The molecule has 3 aromatic carbocycles. The van der Waals surface area contributed by atoms with E-state index in [-0.39, 0.29) is 27.7 Å². The van der Waals surface area contributed by atoms with Gasteiger partial charge in [0.2, 0.25) is 0 Å². The van der Waals surface area contributed by atoms with Gasteiger partial charge in [0.25, 0.3) is 5.91 Å². The fraction of sp³-hybridized carbons (Fsp3) is 0.214. The number of ether oxygens (including phenoxy) is 1. The number of rotatable bonds is 8. The van der Waals surface area contributed by atoms with Crippen LogP contribution >= 0.6 is 23.4 Å². The van der Waals surface area contributed by atoms with E-state index in [0.29, 0.717) is 11.0 Å². The minimum Gasteiger partial charge on any atom is -0.497 e. The van der Waals surface area contributed by atoms with Gasteiger partial charge in [-0.1, -0.05) is 74.5 Å². The summed E-state index contributed by atoms with van der Waals surface area (Å²) in [5.74, 6) is 0.462. The fourth-order valence-electron chi connectivity index (χ4n) is 3.60. The van der Waals surface area contributed by atoms with Gasteiger partial charge in [-0.15, -0.1) is 10.2 Å². The maximum atomic E-state index is 13.9. The van der Waals surface area contributed by atoms with Crippen molar-refractivity contribution in [3.63, 3.8) is 0 Å². The molecule has 0 aliphatic rings. The third-order valence-electron chi connectivity index (χ3n) is 5.69. The van der Waals surface area contributed by atoms with Crippen LogP contribution < -0.4 is 10.2 Å². The van der Waals surface area contributed by atoms with Crippen molar-refractivity contribution in [2.24, 2.45) is 5.10 Å². The molecular formula is C28H27ClFN5O2S. The molecule has 4 aromatic rings. The Morgan fingerprint density at radius 2 is 1.82 bits per heavy atom. The topological polar surface area (TPSA) is 81.4 Å². The molecule has 10 heteroatoms. The van der Waals surface area contributed by atoms with E-state index < -0.39 is 5.82 Å². The molecule has 0 bridgehead atoms. The van der Waals surface area contributed by atoms with Crippen molar-refractivity contribution in [3.05, 3.63) is 88.7 Å². The molecule has 0 unspecified atom stereocenters. The summed E-state index contributed by atoms with van der Waals surface area (Å²) in [6, 6.07) is 20.0. The van der Waals surface area contributed by atoms with Crippen molar-refractivity contribution >= 4 is 35.5 Å². The number of carbonyl (C=O) groups excluding carboxylic acids is 1. The normalized spacial score (nSPS) is 11.6. The van der Waals surface area contributed by atoms with E-state index >= 15 is 0 Å². The number of hydrogen-bond acceptors (Lipinski definition) is 6. The smallest absolute Gasteiger partial charge is 0.250 e. The number of amides is 1. The number of nitrogens with one attached hydrogen (secondary N) is 1. The van der Waals surface area contributed by atoms with Crippen molar-refractivity contribution in [1.29, 1.82) is 0 Å². The molecule has 1 amide bonds. The molecular weight excluding hydrogens is 525 g/mol. The second-order valence-electron chi connectivity index (χ2n) is 9.38. The Morgan fingerprint density at radius 3 is 2.45 bits per heavy atom. The first-order chi connectivity index (χ1) is 18.2. The number of aromatic nitrogens is 3. The third kappa shape index (κ3) is 6.41. The average Bonchev–Trinajstić information content (AvgIpc) is 3.33. The van der Waals surface area contributed by atoms with Crippen molar-refractivity contribution in [3.8, 4) is 22.8 Å². The maximum Gasteiger partial charge on any atom is 0.250 e. The molecule has 0 aliphatic heterocycles. The van der Waals surface area contributed by atoms with Gasteiger partial charge in [0, 0.05) is 16.8 Å². The summed E-state index contributed by atoms with van der Waals surface area (Å²) in [6.07, 6.45) is 1.18. The summed E-state index contributed by atoms with van der Waals surface area (Å²) in [5, 5.41) is 13.4. The number of benzene rings is 3. The minimum atomic E-state index is -0.527. The van der Waals surface area contributed by atoms with Gasteiger partial charge < -0.3 is 4.74 Å². The number of nitrogens with zero attached hydrogens (tertiary/aromatic N) is 4. The van der Waals surface area contributed by atoms with E-state index in [2.05, 4.69) is 53.6 Å². The number of methoxy groups -OCH3 is 1. The van der Waals surface area contributed by atoms with Gasteiger partial charge in [-0.2, -0.15) is 5.10 Å². The monoisotopic (exact) mass is 551 g/mol. The lowest BCUT2D eigenvalue weighted by molar-refractivity contribution is -0.118. The predicted molar refractivity (Wildman–Crippen MR) is 150 cm³/mol. The molecule has 0 aliphatic carbocycles. The molecule has 0 atom stereocenters. The first-order valence-electron chi connectivity index (χ1n) is 11.8. The third-order valence-corrected chi connectivity index (χ3v) is 6.95. The van der Waals surface area contributed by atoms with Crippen molar-refractivity contribution in [1.82, 2.24) is 20.2 Å². The molecule has 0 radical (unpaired) electrons. The fourth-order valence-corrected chi connectivity index (χ4v) is 4.56. The molecule has 196 valence electrons. The van der Waals surface area contributed by atoms with Gasteiger partial charge in [-0.3, -0.25) is 9.36 Å². The van der Waals surface area contributed by atoms with Crippen LogP contribution in [0.3, 0.4) is 0 Å². The molecule has 1 N–H and O–H groups in total. The summed E-state index contributed by atoms with van der Waals surface area (Å²) < 4.78 is 21.1. The molecule has 0 saturated carbocycles. The first kappa shape index (κ1) is 27.3. The highest BCUT2D eigenvalue weighted by atomic mass is 35.5. The standard InChI is InChI=1S/C28H27ClFN5O2S/c1-28(2,3)19-10-8-18(9-11-19)26-33-34-27(35(26)20-12-14-21(37-4)15-13-20)38-17-25(36)32-31-16-22-23(29)6-5-7-24(22)30/h5-16H,17H2,1-4H3,(H,32,36)/b31-16+. The first-order valence-corrected chi connectivity index (χ1v) is 13.1. The maximum absolute atomic E-state index is 13.9. The van der Waals surface area contributed by atoms with E-state index in [9.17, 15) is 9.18 Å². The zero-order valence-electron chi connectivity index (χ0n) is 21.4. The van der Waals surface area contributed by atoms with Gasteiger partial charge >= 0.3 is 0 Å². The van der Waals surface area contributed by atoms with E-state index in [1.165, 1.54) is 35.7 Å². The highest BCUT2D eigenvalue weighted by Gasteiger charge is 2.19. The summed E-state index contributed by atoms with van der Waals surface area (Å²) in [6.45, 7) is 6.49. The van der Waals surface area contributed by atoms with Gasteiger partial charge in [0.05, 0.1) is 24.1 Å². The molecule has 38 heavy (non-hydrogen) atoms. The van der Waals surface area contributed by atoms with Crippen LogP contribution in [0, 0.1) is 5.82 Å². The van der Waals surface area contributed by atoms with Crippen LogP contribution in [0.25, 0.3) is 17.1 Å². The van der Waals surface area contributed by atoms with Crippen LogP contribution in [0.2, 0.25) is 5.02 Å². The lowest BCUT2D eigenvalue weighted by Crippen LogP contribution is -2.20. The van der Waals surface area contributed by atoms with Crippen LogP contribution in [0.1, 0.15) is 31.9 Å². The average molecular weight is 552 g/mol. The van der Waals surface area contributed by atoms with E-state index in [0.717, 1.165) is 17.0 Å². The molecule has 0 saturated heterocycles. The van der Waals surface area contributed by atoms with E-state index in [4.69, 9.17) is 16.3 Å². The number of halogens is 2. The Hall–Kier alpha value is -3.69. The molecule has 0 spiro atoms. The summed E-state index contributed by atoms with van der Waals surface area (Å²) in [7, 11) is 1.61. The van der Waals surface area contributed by atoms with E-state index in [1.807, 2.05) is 41.0 Å². The molecule has 1 aromatic heterocycles. The minimum absolute atomic E-state index is 0.0135. The Bertz CT molecular complexity index is 1430. The Morgan fingerprint density at radius 1 is 1.11 bits per heavy atom. The zero-order chi connectivity index (χ0) is 27.3. The molecule has 7 nitrogen and oxygen atoms in total.